The molecule has 10 heteroatoms. The average Bonchev–Trinajstić information content (AvgIpc) is 3.54. The molecule has 5 aromatic rings. The minimum absolute atomic E-state index is 0.158. The highest BCUT2D eigenvalue weighted by Crippen LogP contribution is 2.26. The van der Waals surface area contributed by atoms with E-state index in [0.29, 0.717) is 44.1 Å². The zero-order valence-corrected chi connectivity index (χ0v) is 21.4. The van der Waals surface area contributed by atoms with Crippen molar-refractivity contribution in [3.63, 3.8) is 0 Å². The summed E-state index contributed by atoms with van der Waals surface area (Å²) in [4.78, 5) is 34.8. The van der Waals surface area contributed by atoms with Crippen molar-refractivity contribution in [3.05, 3.63) is 89.5 Å². The van der Waals surface area contributed by atoms with Gasteiger partial charge in [-0.25, -0.2) is 0 Å². The van der Waals surface area contributed by atoms with E-state index >= 15 is 0 Å². The number of carbonyl (C=O) groups is 2. The van der Waals surface area contributed by atoms with E-state index < -0.39 is 0 Å². The molecule has 0 bridgehead atoms. The van der Waals surface area contributed by atoms with Crippen molar-refractivity contribution in [2.24, 2.45) is 0 Å². The van der Waals surface area contributed by atoms with Crippen molar-refractivity contribution in [1.29, 1.82) is 0 Å². The van der Waals surface area contributed by atoms with E-state index in [1.54, 1.807) is 15.6 Å². The third-order valence-electron chi connectivity index (χ3n) is 7.54. The van der Waals surface area contributed by atoms with E-state index in [9.17, 15) is 9.59 Å². The number of aromatic amines is 1. The lowest BCUT2D eigenvalue weighted by molar-refractivity contribution is 0.0739. The van der Waals surface area contributed by atoms with Crippen LogP contribution >= 0.6 is 0 Å². The molecule has 2 aliphatic heterocycles. The Bertz CT molecular complexity index is 1730. The van der Waals surface area contributed by atoms with Crippen molar-refractivity contribution < 1.29 is 9.59 Å². The third kappa shape index (κ3) is 4.10. The van der Waals surface area contributed by atoms with Crippen LogP contribution < -0.4 is 10.2 Å². The lowest BCUT2D eigenvalue weighted by atomic mass is 10.1. The molecule has 2 amide bonds. The van der Waals surface area contributed by atoms with Gasteiger partial charge >= 0.3 is 0 Å². The van der Waals surface area contributed by atoms with E-state index in [-0.39, 0.29) is 11.8 Å². The molecule has 0 aliphatic carbocycles. The van der Waals surface area contributed by atoms with Crippen molar-refractivity contribution >= 4 is 34.1 Å². The van der Waals surface area contributed by atoms with E-state index in [1.807, 2.05) is 55.6 Å². The molecule has 2 aromatic carbocycles. The fourth-order valence-corrected chi connectivity index (χ4v) is 5.32. The Morgan fingerprint density at radius 3 is 2.64 bits per heavy atom. The molecule has 1 fully saturated rings. The zero-order chi connectivity index (χ0) is 26.5. The van der Waals surface area contributed by atoms with Gasteiger partial charge in [0.2, 0.25) is 0 Å². The Kier molecular flexibility index (Phi) is 5.39. The smallest absolute Gasteiger partial charge is 0.274 e. The summed E-state index contributed by atoms with van der Waals surface area (Å²) >= 11 is 0. The van der Waals surface area contributed by atoms with Crippen molar-refractivity contribution in [1.82, 2.24) is 29.9 Å². The SMILES string of the molecule is Cc1[nH]nc2ccc(-c3ccc(N4CCN(C(=O)c5cc6n(n5)Cc5ccccc5NC6=O)CC4)cn3)cc12. The van der Waals surface area contributed by atoms with Crippen LogP contribution in [0, 0.1) is 6.92 Å². The first kappa shape index (κ1) is 23.2. The molecule has 194 valence electrons. The fraction of sp³-hybridized carbons (Fsp3) is 0.207. The van der Waals surface area contributed by atoms with Crippen molar-refractivity contribution in [2.45, 2.75) is 13.5 Å². The number of aromatic nitrogens is 5. The maximum Gasteiger partial charge on any atom is 0.274 e. The summed E-state index contributed by atoms with van der Waals surface area (Å²) < 4.78 is 1.61. The Hall–Kier alpha value is -4.99. The van der Waals surface area contributed by atoms with Crippen LogP contribution in [-0.4, -0.2) is 67.9 Å². The van der Waals surface area contributed by atoms with Gasteiger partial charge in [-0.1, -0.05) is 24.3 Å². The van der Waals surface area contributed by atoms with Crippen LogP contribution in [0.25, 0.3) is 22.2 Å². The molecule has 0 radical (unpaired) electrons. The van der Waals surface area contributed by atoms with Crippen LogP contribution in [0.15, 0.2) is 66.9 Å². The Balaban J connectivity index is 1.02. The molecular weight excluding hydrogens is 492 g/mol. The zero-order valence-electron chi connectivity index (χ0n) is 21.4. The number of aryl methyl sites for hydroxylation is 1. The summed E-state index contributed by atoms with van der Waals surface area (Å²) in [5.74, 6) is -0.415. The number of piperazine rings is 1. The number of anilines is 2. The molecule has 2 N–H and O–H groups in total. The predicted octanol–water partition coefficient (Wildman–Crippen LogP) is 3.71. The monoisotopic (exact) mass is 518 g/mol. The second-order valence-electron chi connectivity index (χ2n) is 9.95. The van der Waals surface area contributed by atoms with E-state index in [2.05, 4.69) is 37.6 Å². The van der Waals surface area contributed by atoms with Crippen molar-refractivity contribution in [3.8, 4) is 11.3 Å². The summed E-state index contributed by atoms with van der Waals surface area (Å²) in [5, 5.41) is 15.8. The Morgan fingerprint density at radius 2 is 1.82 bits per heavy atom. The highest BCUT2D eigenvalue weighted by Gasteiger charge is 2.28. The molecule has 2 aliphatic rings. The second-order valence-corrected chi connectivity index (χ2v) is 9.95. The Morgan fingerprint density at radius 1 is 0.974 bits per heavy atom. The van der Waals surface area contributed by atoms with Gasteiger partial charge in [-0.3, -0.25) is 24.4 Å². The molecule has 0 saturated carbocycles. The number of nitrogens with zero attached hydrogens (tertiary/aromatic N) is 6. The molecule has 10 nitrogen and oxygen atoms in total. The maximum absolute atomic E-state index is 13.3. The largest absolute Gasteiger partial charge is 0.367 e. The lowest BCUT2D eigenvalue weighted by Crippen LogP contribution is -2.49. The summed E-state index contributed by atoms with van der Waals surface area (Å²) in [7, 11) is 0. The number of H-pyrrole nitrogens is 1. The first-order chi connectivity index (χ1) is 19.0. The topological polar surface area (TPSA) is 112 Å². The summed E-state index contributed by atoms with van der Waals surface area (Å²) in [5.41, 5.74) is 7.37. The maximum atomic E-state index is 13.3. The van der Waals surface area contributed by atoms with E-state index in [4.69, 9.17) is 4.98 Å². The van der Waals surface area contributed by atoms with Crippen LogP contribution in [0.1, 0.15) is 32.2 Å². The minimum Gasteiger partial charge on any atom is -0.367 e. The second kappa shape index (κ2) is 9.09. The van der Waals surface area contributed by atoms with Gasteiger partial charge in [0.15, 0.2) is 5.69 Å². The number of carbonyl (C=O) groups excluding carboxylic acids is 2. The van der Waals surface area contributed by atoms with Gasteiger partial charge in [-0.15, -0.1) is 0 Å². The number of hydrogen-bond donors (Lipinski definition) is 2. The summed E-state index contributed by atoms with van der Waals surface area (Å²) in [6, 6.07) is 19.5. The number of para-hydroxylation sites is 1. The molecule has 3 aromatic heterocycles. The lowest BCUT2D eigenvalue weighted by Gasteiger charge is -2.35. The molecule has 1 saturated heterocycles. The highest BCUT2D eigenvalue weighted by atomic mass is 16.2. The van der Waals surface area contributed by atoms with Gasteiger partial charge in [-0.2, -0.15) is 10.2 Å². The molecular formula is C29H26N8O2. The minimum atomic E-state index is -0.257. The van der Waals surface area contributed by atoms with E-state index in [0.717, 1.165) is 44.8 Å². The quantitative estimate of drug-likeness (QED) is 0.377. The van der Waals surface area contributed by atoms with Gasteiger partial charge in [-0.05, 0) is 42.8 Å². The normalized spacial score (nSPS) is 15.1. The first-order valence-electron chi connectivity index (χ1n) is 13.0. The van der Waals surface area contributed by atoms with E-state index in [1.165, 1.54) is 0 Å². The Labute approximate surface area is 224 Å². The molecule has 0 unspecified atom stereocenters. The van der Waals surface area contributed by atoms with Gasteiger partial charge in [0.1, 0.15) is 5.69 Å². The van der Waals surface area contributed by atoms with Gasteiger partial charge in [0.05, 0.1) is 29.6 Å². The van der Waals surface area contributed by atoms with Gasteiger partial charge in [0, 0.05) is 54.6 Å². The summed E-state index contributed by atoms with van der Waals surface area (Å²) in [6.45, 7) is 4.95. The number of hydrogen-bond acceptors (Lipinski definition) is 6. The van der Waals surface area contributed by atoms with Gasteiger partial charge in [0.25, 0.3) is 11.8 Å². The molecule has 7 rings (SSSR count). The molecule has 5 heterocycles. The number of benzene rings is 2. The van der Waals surface area contributed by atoms with Crippen LogP contribution in [0.3, 0.4) is 0 Å². The molecule has 39 heavy (non-hydrogen) atoms. The third-order valence-corrected chi connectivity index (χ3v) is 7.54. The predicted molar refractivity (Wildman–Crippen MR) is 148 cm³/mol. The van der Waals surface area contributed by atoms with Crippen LogP contribution in [-0.2, 0) is 6.54 Å². The van der Waals surface area contributed by atoms with Gasteiger partial charge < -0.3 is 15.1 Å². The number of amides is 2. The number of pyridine rings is 1. The molecule has 0 spiro atoms. The number of nitrogens with one attached hydrogen (secondary N) is 2. The fourth-order valence-electron chi connectivity index (χ4n) is 5.32. The standard InChI is InChI=1S/C29H26N8O2/c1-18-22-14-19(6-8-25(22)33-32-18)23-9-7-21(16-30-23)35-10-12-36(13-11-35)29(39)26-15-27-28(38)31-24-5-3-2-4-20(24)17-37(27)34-26/h2-9,14-16H,10-13,17H2,1H3,(H,31,38)(H,32,33). The first-order valence-corrected chi connectivity index (χ1v) is 13.0. The number of fused-ring (bicyclic) bond motifs is 3. The van der Waals surface area contributed by atoms with Crippen LogP contribution in [0.4, 0.5) is 11.4 Å². The summed E-state index contributed by atoms with van der Waals surface area (Å²) in [6.07, 6.45) is 1.89. The molecule has 0 atom stereocenters. The van der Waals surface area contributed by atoms with Crippen LogP contribution in [0.2, 0.25) is 0 Å². The number of rotatable bonds is 3. The average molecular weight is 519 g/mol. The highest BCUT2D eigenvalue weighted by molar-refractivity contribution is 6.05. The van der Waals surface area contributed by atoms with Crippen molar-refractivity contribution in [2.75, 3.05) is 36.4 Å². The van der Waals surface area contributed by atoms with Crippen LogP contribution in [0.5, 0.6) is 0 Å².